The molecule has 0 fully saturated rings. The van der Waals surface area contributed by atoms with Crippen molar-refractivity contribution in [3.8, 4) is 39.1 Å². The first-order valence-electron chi connectivity index (χ1n) is 17.6. The lowest BCUT2D eigenvalue weighted by Gasteiger charge is -2.29. The highest BCUT2D eigenvalue weighted by molar-refractivity contribution is 7.86. The van der Waals surface area contributed by atoms with Crippen LogP contribution in [0.3, 0.4) is 0 Å². The van der Waals surface area contributed by atoms with Gasteiger partial charge in [-0.25, -0.2) is 4.98 Å². The van der Waals surface area contributed by atoms with Crippen LogP contribution in [0, 0.1) is 0 Å². The molecule has 3 nitrogen and oxygen atoms in total. The molecule has 0 amide bonds. The van der Waals surface area contributed by atoms with Crippen LogP contribution in [0.4, 0.5) is 0 Å². The molecule has 9 aromatic rings. The number of hydrogen-bond acceptors (Lipinski definition) is 2. The molecule has 2 heterocycles. The molecule has 51 heavy (non-hydrogen) atoms. The number of rotatable bonds is 5. The van der Waals surface area contributed by atoms with Crippen LogP contribution in [0.1, 0.15) is 12.7 Å². The molecular formula is C47H33N2OP. The topological polar surface area (TPSA) is 34.9 Å². The maximum Gasteiger partial charge on any atom is 0.175 e. The number of imidazole rings is 1. The first-order chi connectivity index (χ1) is 25.1. The van der Waals surface area contributed by atoms with Gasteiger partial charge in [0, 0.05) is 22.3 Å². The van der Waals surface area contributed by atoms with E-state index in [4.69, 9.17) is 4.98 Å². The first kappa shape index (κ1) is 29.9. The Kier molecular flexibility index (Phi) is 6.74. The molecule has 0 radical (unpaired) electrons. The van der Waals surface area contributed by atoms with Crippen molar-refractivity contribution >= 4 is 55.6 Å². The summed E-state index contributed by atoms with van der Waals surface area (Å²) in [6.45, 7) is 2.13. The van der Waals surface area contributed by atoms with Gasteiger partial charge in [0.2, 0.25) is 0 Å². The number of benzene rings is 8. The average Bonchev–Trinajstić information content (AvgIpc) is 3.59. The summed E-state index contributed by atoms with van der Waals surface area (Å²) in [7, 11) is -3.24. The molecule has 0 aliphatic carbocycles. The summed E-state index contributed by atoms with van der Waals surface area (Å²) in [6, 6.07) is 59.7. The molecule has 1 aromatic heterocycles. The van der Waals surface area contributed by atoms with E-state index < -0.39 is 7.14 Å². The Morgan fingerprint density at radius 1 is 0.510 bits per heavy atom. The van der Waals surface area contributed by atoms with Crippen molar-refractivity contribution in [2.75, 3.05) is 0 Å². The van der Waals surface area contributed by atoms with Gasteiger partial charge >= 0.3 is 0 Å². The summed E-state index contributed by atoms with van der Waals surface area (Å²) in [5.74, 6) is 0.977. The summed E-state index contributed by atoms with van der Waals surface area (Å²) in [5, 5.41) is 7.46. The molecule has 0 saturated carbocycles. The van der Waals surface area contributed by atoms with Gasteiger partial charge in [0.1, 0.15) is 5.82 Å². The van der Waals surface area contributed by atoms with Crippen molar-refractivity contribution in [2.24, 2.45) is 0 Å². The third-order valence-electron chi connectivity index (χ3n) is 10.5. The van der Waals surface area contributed by atoms with Crippen LogP contribution >= 0.6 is 7.14 Å². The Hall–Kier alpha value is -6.02. The first-order valence-corrected chi connectivity index (χ1v) is 19.3. The molecule has 1 aliphatic heterocycles. The standard InChI is InChI=1S/C47H33N2OP/c1-2-44-48-40-25-14-26-42-47(40)49(44)41-28-27-33(30-43(41)51(42,50)35-19-7-4-8-20-35)32-17-13-18-34(29-32)46-38-23-11-9-21-36(38)45(31-15-5-3-6-16-31)37-22-10-12-24-39(37)46/h3-30H,2H2,1H3. The molecular weight excluding hydrogens is 640 g/mol. The molecule has 0 saturated heterocycles. The molecule has 0 N–H and O–H groups in total. The highest BCUT2D eigenvalue weighted by atomic mass is 31.2. The fraction of sp³-hybridized carbons (Fsp3) is 0.0426. The van der Waals surface area contributed by atoms with Crippen molar-refractivity contribution in [3.63, 3.8) is 0 Å². The lowest BCUT2D eigenvalue weighted by atomic mass is 9.85. The zero-order chi connectivity index (χ0) is 34.1. The molecule has 4 heteroatoms. The van der Waals surface area contributed by atoms with Crippen LogP contribution in [0.15, 0.2) is 170 Å². The van der Waals surface area contributed by atoms with Crippen LogP contribution < -0.4 is 15.9 Å². The van der Waals surface area contributed by atoms with Crippen LogP contribution in [-0.2, 0) is 11.0 Å². The highest BCUT2D eigenvalue weighted by Gasteiger charge is 2.39. The maximum absolute atomic E-state index is 15.8. The van der Waals surface area contributed by atoms with Crippen molar-refractivity contribution in [1.29, 1.82) is 0 Å². The number of nitrogens with zero attached hydrogens (tertiary/aromatic N) is 2. The second-order valence-electron chi connectivity index (χ2n) is 13.3. The zero-order valence-electron chi connectivity index (χ0n) is 28.1. The molecule has 242 valence electrons. The van der Waals surface area contributed by atoms with E-state index in [0.29, 0.717) is 0 Å². The third kappa shape index (κ3) is 4.38. The Bertz CT molecular complexity index is 2820. The van der Waals surface area contributed by atoms with Crippen molar-refractivity contribution < 1.29 is 4.57 Å². The largest absolute Gasteiger partial charge is 0.308 e. The van der Waals surface area contributed by atoms with E-state index in [0.717, 1.165) is 61.6 Å². The quantitative estimate of drug-likeness (QED) is 0.135. The van der Waals surface area contributed by atoms with Crippen molar-refractivity contribution in [3.05, 3.63) is 176 Å². The fourth-order valence-corrected chi connectivity index (χ4v) is 11.3. The number of aromatic nitrogens is 2. The van der Waals surface area contributed by atoms with E-state index in [2.05, 4.69) is 133 Å². The Labute approximate surface area is 296 Å². The maximum atomic E-state index is 15.8. The normalized spacial score (nSPS) is 15.0. The van der Waals surface area contributed by atoms with E-state index in [-0.39, 0.29) is 0 Å². The smallest absolute Gasteiger partial charge is 0.175 e. The Balaban J connectivity index is 1.21. The van der Waals surface area contributed by atoms with E-state index in [1.807, 2.05) is 48.5 Å². The number of para-hydroxylation sites is 1. The third-order valence-corrected chi connectivity index (χ3v) is 13.6. The van der Waals surface area contributed by atoms with Crippen molar-refractivity contribution in [1.82, 2.24) is 9.55 Å². The minimum absolute atomic E-state index is 0.776. The van der Waals surface area contributed by atoms with Crippen LogP contribution in [0.5, 0.6) is 0 Å². The lowest BCUT2D eigenvalue weighted by molar-refractivity contribution is 0.592. The summed E-state index contributed by atoms with van der Waals surface area (Å²) in [4.78, 5) is 5.00. The van der Waals surface area contributed by atoms with Crippen molar-refractivity contribution in [2.45, 2.75) is 13.3 Å². The van der Waals surface area contributed by atoms with E-state index in [9.17, 15) is 0 Å². The van der Waals surface area contributed by atoms with Gasteiger partial charge in [0.05, 0.1) is 16.7 Å². The van der Waals surface area contributed by atoms with Gasteiger partial charge in [-0.3, -0.25) is 4.57 Å². The molecule has 0 bridgehead atoms. The van der Waals surface area contributed by atoms with Crippen LogP contribution in [0.2, 0.25) is 0 Å². The van der Waals surface area contributed by atoms with Gasteiger partial charge in [-0.2, -0.15) is 0 Å². The van der Waals surface area contributed by atoms with Gasteiger partial charge < -0.3 is 4.57 Å². The van der Waals surface area contributed by atoms with Gasteiger partial charge in [0.15, 0.2) is 7.14 Å². The summed E-state index contributed by atoms with van der Waals surface area (Å²) in [6.07, 6.45) is 0.776. The van der Waals surface area contributed by atoms with Gasteiger partial charge in [-0.05, 0) is 85.3 Å². The Morgan fingerprint density at radius 2 is 1.06 bits per heavy atom. The van der Waals surface area contributed by atoms with E-state index in [1.165, 1.54) is 38.2 Å². The van der Waals surface area contributed by atoms with Crippen LogP contribution in [0.25, 0.3) is 71.6 Å². The summed E-state index contributed by atoms with van der Waals surface area (Å²) < 4.78 is 18.1. The van der Waals surface area contributed by atoms with E-state index >= 15 is 4.57 Å². The molecule has 1 aliphatic rings. The number of aryl methyl sites for hydroxylation is 1. The Morgan fingerprint density at radius 3 is 1.73 bits per heavy atom. The van der Waals surface area contributed by atoms with Gasteiger partial charge in [-0.15, -0.1) is 0 Å². The monoisotopic (exact) mass is 672 g/mol. The summed E-state index contributed by atoms with van der Waals surface area (Å²) >= 11 is 0. The predicted octanol–water partition coefficient (Wildman–Crippen LogP) is 10.8. The SMILES string of the molecule is CCc1nc2cccc3c2n1-c1ccc(-c2cccc(-c4c5ccccc5c(-c5ccccc5)c5ccccc45)c2)cc1P3(=O)c1ccccc1. The molecule has 10 rings (SSSR count). The predicted molar refractivity (Wildman–Crippen MR) is 215 cm³/mol. The second kappa shape index (κ2) is 11.5. The van der Waals surface area contributed by atoms with Gasteiger partial charge in [0.25, 0.3) is 0 Å². The second-order valence-corrected chi connectivity index (χ2v) is 16.0. The number of hydrogen-bond donors (Lipinski definition) is 0. The average molecular weight is 673 g/mol. The summed E-state index contributed by atoms with van der Waals surface area (Å²) in [5.41, 5.74) is 9.77. The minimum Gasteiger partial charge on any atom is -0.308 e. The molecule has 1 atom stereocenters. The zero-order valence-corrected chi connectivity index (χ0v) is 29.0. The van der Waals surface area contributed by atoms with Crippen LogP contribution in [-0.4, -0.2) is 9.55 Å². The van der Waals surface area contributed by atoms with E-state index in [1.54, 1.807) is 0 Å². The minimum atomic E-state index is -3.24. The highest BCUT2D eigenvalue weighted by Crippen LogP contribution is 2.50. The molecule has 1 unspecified atom stereocenters. The molecule has 0 spiro atoms. The molecule has 8 aromatic carbocycles. The van der Waals surface area contributed by atoms with Gasteiger partial charge in [-0.1, -0.05) is 146 Å². The number of fused-ring (bicyclic) bond motifs is 4. The fourth-order valence-electron chi connectivity index (χ4n) is 8.31. The lowest BCUT2D eigenvalue weighted by Crippen LogP contribution is -2.33.